The lowest BCUT2D eigenvalue weighted by Crippen LogP contribution is -2.39. The second kappa shape index (κ2) is 10.7. The number of carbonyl (C=O) groups is 3. The van der Waals surface area contributed by atoms with Crippen LogP contribution in [0.15, 0.2) is 54.6 Å². The van der Waals surface area contributed by atoms with Gasteiger partial charge in [0.15, 0.2) is 0 Å². The first kappa shape index (κ1) is 23.8. The number of carbonyl (C=O) groups excluding carboxylic acids is 3. The molecule has 10 nitrogen and oxygen atoms in total. The third-order valence-electron chi connectivity index (χ3n) is 5.54. The number of nitrogens with zero attached hydrogens (tertiary/aromatic N) is 3. The molecule has 0 fully saturated rings. The van der Waals surface area contributed by atoms with Crippen LogP contribution < -0.4 is 21.1 Å². The zero-order valence-corrected chi connectivity index (χ0v) is 19.2. The van der Waals surface area contributed by atoms with Gasteiger partial charge in [0.1, 0.15) is 0 Å². The largest absolute Gasteiger partial charge is 0.390 e. The molecule has 0 spiro atoms. The van der Waals surface area contributed by atoms with Gasteiger partial charge in [-0.2, -0.15) is 0 Å². The minimum atomic E-state index is -0.941. The molecule has 35 heavy (non-hydrogen) atoms. The smallest absolute Gasteiger partial charge is 0.328 e. The number of anilines is 3. The zero-order chi connectivity index (χ0) is 24.8. The summed E-state index contributed by atoms with van der Waals surface area (Å²) in [6.45, 7) is 2.13. The summed E-state index contributed by atoms with van der Waals surface area (Å²) in [5.74, 6) is -1.76. The first-order valence-corrected chi connectivity index (χ1v) is 11.2. The minimum Gasteiger partial charge on any atom is -0.390 e. The van der Waals surface area contributed by atoms with Crippen LogP contribution in [-0.2, 0) is 33.8 Å². The fourth-order valence-corrected chi connectivity index (χ4v) is 3.90. The zero-order valence-electron chi connectivity index (χ0n) is 19.2. The summed E-state index contributed by atoms with van der Waals surface area (Å²) in [5, 5.41) is 11.7. The molecule has 1 aromatic heterocycles. The molecule has 1 aliphatic heterocycles. The summed E-state index contributed by atoms with van der Waals surface area (Å²) >= 11 is 0. The highest BCUT2D eigenvalue weighted by Crippen LogP contribution is 2.27. The lowest BCUT2D eigenvalue weighted by atomic mass is 10.0. The summed E-state index contributed by atoms with van der Waals surface area (Å²) in [6, 6.07) is 16.3. The number of hydrogen-bond acceptors (Lipinski definition) is 7. The van der Waals surface area contributed by atoms with E-state index in [4.69, 9.17) is 0 Å². The normalized spacial score (nSPS) is 12.5. The van der Waals surface area contributed by atoms with E-state index in [9.17, 15) is 19.5 Å². The summed E-state index contributed by atoms with van der Waals surface area (Å²) < 4.78 is 0. The molecule has 0 saturated heterocycles. The highest BCUT2D eigenvalue weighted by Gasteiger charge is 2.22. The molecule has 2 heterocycles. The van der Waals surface area contributed by atoms with Gasteiger partial charge in [-0.05, 0) is 55.2 Å². The SMILES string of the molecule is Cc1cc(CO)nc(NNC(=O)C(=O)Nc2ccc(CC(=O)N3CCCc4ccccc43)cc2)n1. The number of rotatable bonds is 6. The Morgan fingerprint density at radius 1 is 1.03 bits per heavy atom. The quantitative estimate of drug-likeness (QED) is 0.316. The van der Waals surface area contributed by atoms with Crippen LogP contribution in [0, 0.1) is 6.92 Å². The van der Waals surface area contributed by atoms with Crippen molar-refractivity contribution in [3.05, 3.63) is 77.1 Å². The molecule has 1 aliphatic rings. The Morgan fingerprint density at radius 3 is 2.57 bits per heavy atom. The molecule has 180 valence electrons. The maximum atomic E-state index is 12.9. The lowest BCUT2D eigenvalue weighted by molar-refractivity contribution is -0.135. The van der Waals surface area contributed by atoms with E-state index >= 15 is 0 Å². The number of aliphatic hydroxyl groups excluding tert-OH is 1. The number of benzene rings is 2. The van der Waals surface area contributed by atoms with Crippen molar-refractivity contribution in [3.63, 3.8) is 0 Å². The highest BCUT2D eigenvalue weighted by molar-refractivity contribution is 6.39. The molecule has 0 aliphatic carbocycles. The molecule has 3 amide bonds. The monoisotopic (exact) mass is 474 g/mol. The van der Waals surface area contributed by atoms with Gasteiger partial charge in [-0.15, -0.1) is 0 Å². The van der Waals surface area contributed by atoms with Crippen LogP contribution >= 0.6 is 0 Å². The Bertz CT molecular complexity index is 1240. The van der Waals surface area contributed by atoms with Crippen LogP contribution in [0.5, 0.6) is 0 Å². The standard InChI is InChI=1S/C25H26N6O4/c1-16-13-20(15-32)28-25(26-16)30-29-24(35)23(34)27-19-10-8-17(9-11-19)14-22(33)31-12-4-6-18-5-2-3-7-21(18)31/h2-3,5,7-11,13,32H,4,6,12,14-15H2,1H3,(H,27,34)(H,29,35)(H,26,28,30). The summed E-state index contributed by atoms with van der Waals surface area (Å²) in [6.07, 6.45) is 2.14. The number of fused-ring (bicyclic) bond motifs is 1. The van der Waals surface area contributed by atoms with Crippen molar-refractivity contribution in [1.29, 1.82) is 0 Å². The van der Waals surface area contributed by atoms with Gasteiger partial charge >= 0.3 is 11.8 Å². The number of nitrogens with one attached hydrogen (secondary N) is 3. The van der Waals surface area contributed by atoms with E-state index < -0.39 is 11.8 Å². The molecule has 0 unspecified atom stereocenters. The second-order valence-corrected chi connectivity index (χ2v) is 8.17. The lowest BCUT2D eigenvalue weighted by Gasteiger charge is -2.29. The van der Waals surface area contributed by atoms with Crippen molar-refractivity contribution in [3.8, 4) is 0 Å². The average Bonchev–Trinajstić information content (AvgIpc) is 2.87. The van der Waals surface area contributed by atoms with Crippen molar-refractivity contribution in [2.24, 2.45) is 0 Å². The number of aliphatic hydroxyl groups is 1. The average molecular weight is 475 g/mol. The van der Waals surface area contributed by atoms with Crippen LogP contribution in [0.3, 0.4) is 0 Å². The van der Waals surface area contributed by atoms with Gasteiger partial charge in [0.2, 0.25) is 11.9 Å². The van der Waals surface area contributed by atoms with E-state index in [0.717, 1.165) is 24.1 Å². The van der Waals surface area contributed by atoms with Crippen LogP contribution in [0.4, 0.5) is 17.3 Å². The molecular weight excluding hydrogens is 448 g/mol. The fourth-order valence-electron chi connectivity index (χ4n) is 3.90. The van der Waals surface area contributed by atoms with Crippen LogP contribution in [0.1, 0.15) is 28.9 Å². The summed E-state index contributed by atoms with van der Waals surface area (Å²) in [7, 11) is 0. The van der Waals surface area contributed by atoms with Gasteiger partial charge in [-0.3, -0.25) is 25.2 Å². The number of hydrogen-bond donors (Lipinski definition) is 4. The highest BCUT2D eigenvalue weighted by atomic mass is 16.3. The van der Waals surface area contributed by atoms with Gasteiger partial charge in [0, 0.05) is 23.6 Å². The Hall–Kier alpha value is -4.31. The van der Waals surface area contributed by atoms with Gasteiger partial charge in [0.25, 0.3) is 0 Å². The fraction of sp³-hybridized carbons (Fsp3) is 0.240. The van der Waals surface area contributed by atoms with Crippen molar-refractivity contribution >= 4 is 35.0 Å². The van der Waals surface area contributed by atoms with E-state index in [-0.39, 0.29) is 24.9 Å². The molecule has 0 saturated carbocycles. The summed E-state index contributed by atoms with van der Waals surface area (Å²) in [5.41, 5.74) is 9.02. The van der Waals surface area contributed by atoms with Crippen molar-refractivity contribution in [2.75, 3.05) is 22.2 Å². The molecule has 0 radical (unpaired) electrons. The molecule has 0 atom stereocenters. The van der Waals surface area contributed by atoms with E-state index in [1.807, 2.05) is 23.1 Å². The Labute approximate surface area is 202 Å². The first-order valence-electron chi connectivity index (χ1n) is 11.2. The number of amides is 3. The Balaban J connectivity index is 1.30. The summed E-state index contributed by atoms with van der Waals surface area (Å²) in [4.78, 5) is 47.1. The van der Waals surface area contributed by atoms with Gasteiger partial charge in [-0.25, -0.2) is 9.97 Å². The maximum absolute atomic E-state index is 12.9. The molecule has 0 bridgehead atoms. The van der Waals surface area contributed by atoms with Crippen LogP contribution in [0.2, 0.25) is 0 Å². The predicted octanol–water partition coefficient (Wildman–Crippen LogP) is 1.88. The molecule has 4 N–H and O–H groups in total. The molecular formula is C25H26N6O4. The van der Waals surface area contributed by atoms with E-state index in [1.54, 1.807) is 37.3 Å². The third-order valence-corrected chi connectivity index (χ3v) is 5.54. The molecule has 2 aromatic carbocycles. The number of aryl methyl sites for hydroxylation is 2. The first-order chi connectivity index (χ1) is 16.9. The molecule has 10 heteroatoms. The van der Waals surface area contributed by atoms with Crippen molar-refractivity contribution < 1.29 is 19.5 Å². The van der Waals surface area contributed by atoms with Crippen LogP contribution in [0.25, 0.3) is 0 Å². The second-order valence-electron chi connectivity index (χ2n) is 8.17. The molecule has 4 rings (SSSR count). The molecule has 3 aromatic rings. The number of aromatic nitrogens is 2. The maximum Gasteiger partial charge on any atom is 0.328 e. The van der Waals surface area contributed by atoms with Crippen molar-refractivity contribution in [2.45, 2.75) is 32.8 Å². The Kier molecular flexibility index (Phi) is 7.32. The topological polar surface area (TPSA) is 137 Å². The van der Waals surface area contributed by atoms with Crippen LogP contribution in [-0.4, -0.2) is 39.3 Å². The number of hydrazine groups is 1. The van der Waals surface area contributed by atoms with Gasteiger partial charge < -0.3 is 15.3 Å². The van der Waals surface area contributed by atoms with Gasteiger partial charge in [0.05, 0.1) is 18.7 Å². The minimum absolute atomic E-state index is 0.0158. The van der Waals surface area contributed by atoms with E-state index in [2.05, 4.69) is 32.2 Å². The van der Waals surface area contributed by atoms with E-state index in [0.29, 0.717) is 23.6 Å². The van der Waals surface area contributed by atoms with Gasteiger partial charge in [-0.1, -0.05) is 30.3 Å². The van der Waals surface area contributed by atoms with Crippen molar-refractivity contribution in [1.82, 2.24) is 15.4 Å². The third kappa shape index (κ3) is 5.98. The predicted molar refractivity (Wildman–Crippen MR) is 130 cm³/mol. The van der Waals surface area contributed by atoms with E-state index in [1.165, 1.54) is 5.56 Å². The number of para-hydroxylation sites is 1. The Morgan fingerprint density at radius 2 is 1.80 bits per heavy atom.